The number of carbonyl (C=O) groups is 1. The summed E-state index contributed by atoms with van der Waals surface area (Å²) in [6.07, 6.45) is 2.97. The van der Waals surface area contributed by atoms with E-state index in [1.54, 1.807) is 30.6 Å². The number of aromatic nitrogens is 3. The summed E-state index contributed by atoms with van der Waals surface area (Å²) < 4.78 is 15.8. The number of benzene rings is 2. The zero-order chi connectivity index (χ0) is 19.5. The van der Waals surface area contributed by atoms with E-state index in [1.165, 1.54) is 24.4 Å². The maximum absolute atomic E-state index is 13.4. The van der Waals surface area contributed by atoms with E-state index in [4.69, 9.17) is 0 Å². The molecular weight excluding hydrogens is 359 g/mol. The van der Waals surface area contributed by atoms with Gasteiger partial charge in [-0.05, 0) is 35.9 Å². The summed E-state index contributed by atoms with van der Waals surface area (Å²) in [5, 5.41) is 14.8. The van der Waals surface area contributed by atoms with Gasteiger partial charge in [-0.2, -0.15) is 4.73 Å². The number of carbonyl (C=O) groups excluding carboxylic acids is 1. The van der Waals surface area contributed by atoms with Crippen molar-refractivity contribution in [2.24, 2.45) is 0 Å². The Kier molecular flexibility index (Phi) is 4.72. The molecule has 0 aliphatic heterocycles. The van der Waals surface area contributed by atoms with Crippen LogP contribution in [0.1, 0.15) is 22.1 Å². The van der Waals surface area contributed by atoms with Crippen molar-refractivity contribution in [2.45, 2.75) is 12.6 Å². The first-order chi connectivity index (χ1) is 13.6. The number of para-hydroxylation sites is 2. The van der Waals surface area contributed by atoms with E-state index < -0.39 is 11.9 Å². The van der Waals surface area contributed by atoms with Crippen molar-refractivity contribution in [3.05, 3.63) is 102 Å². The molecule has 0 saturated heterocycles. The second kappa shape index (κ2) is 7.48. The molecule has 0 bridgehead atoms. The molecule has 0 fully saturated rings. The molecule has 1 amide bonds. The molecule has 0 spiro atoms. The topological polar surface area (TPSA) is 73.9 Å². The number of nitrogens with one attached hydrogen (secondary N) is 1. The lowest BCUT2D eigenvalue weighted by molar-refractivity contribution is -0.607. The molecule has 1 N–H and O–H groups in total. The number of halogens is 1. The Morgan fingerprint density at radius 1 is 1.11 bits per heavy atom. The molecular formula is C21H17FN4O2. The van der Waals surface area contributed by atoms with Crippen LogP contribution in [0.5, 0.6) is 0 Å². The number of amides is 1. The number of pyridine rings is 1. The van der Waals surface area contributed by atoms with Gasteiger partial charge in [0.25, 0.3) is 5.69 Å². The van der Waals surface area contributed by atoms with E-state index in [-0.39, 0.29) is 11.5 Å². The highest BCUT2D eigenvalue weighted by Gasteiger charge is 2.22. The monoisotopic (exact) mass is 376 g/mol. The third-order valence-corrected chi connectivity index (χ3v) is 4.54. The van der Waals surface area contributed by atoms with Crippen LogP contribution in [0.3, 0.4) is 0 Å². The van der Waals surface area contributed by atoms with Crippen molar-refractivity contribution in [3.63, 3.8) is 0 Å². The maximum Gasteiger partial charge on any atom is 0.317 e. The fourth-order valence-corrected chi connectivity index (χ4v) is 3.12. The van der Waals surface area contributed by atoms with Gasteiger partial charge in [-0.25, -0.2) is 9.37 Å². The van der Waals surface area contributed by atoms with Crippen LogP contribution in [0.15, 0.2) is 79.3 Å². The quantitative estimate of drug-likeness (QED) is 0.430. The van der Waals surface area contributed by atoms with Crippen molar-refractivity contribution in [1.29, 1.82) is 0 Å². The van der Waals surface area contributed by atoms with Gasteiger partial charge in [-0.1, -0.05) is 24.3 Å². The molecule has 7 heteroatoms. The summed E-state index contributed by atoms with van der Waals surface area (Å²) in [7, 11) is 0. The molecule has 4 aromatic rings. The molecule has 0 radical (unpaired) electrons. The third-order valence-electron chi connectivity index (χ3n) is 4.54. The molecule has 0 aliphatic rings. The summed E-state index contributed by atoms with van der Waals surface area (Å²) in [5.74, 6) is -0.864. The fraction of sp³-hybridized carbons (Fsp3) is 0.0952. The molecule has 2 aromatic carbocycles. The Morgan fingerprint density at radius 3 is 2.64 bits per heavy atom. The molecule has 4 rings (SSSR count). The van der Waals surface area contributed by atoms with Crippen LogP contribution in [-0.4, -0.2) is 15.5 Å². The zero-order valence-corrected chi connectivity index (χ0v) is 14.8. The predicted octanol–water partition coefficient (Wildman–Crippen LogP) is 2.98. The number of imidazole rings is 1. The summed E-state index contributed by atoms with van der Waals surface area (Å²) in [6.45, 7) is 0.379. The first-order valence-electron chi connectivity index (χ1n) is 8.76. The van der Waals surface area contributed by atoms with Crippen LogP contribution >= 0.6 is 0 Å². The highest BCUT2D eigenvalue weighted by molar-refractivity contribution is 5.91. The Morgan fingerprint density at radius 2 is 1.86 bits per heavy atom. The minimum atomic E-state index is -0.505. The second-order valence-corrected chi connectivity index (χ2v) is 6.37. The highest BCUT2D eigenvalue weighted by atomic mass is 19.1. The van der Waals surface area contributed by atoms with Crippen molar-refractivity contribution < 1.29 is 13.9 Å². The Balaban J connectivity index is 1.67. The SMILES string of the molecule is O=C(NC(Cn1cnc2ccccc21)c1ccc(F)cc1)c1cccc[n+]1[O-]. The average molecular weight is 376 g/mol. The first kappa shape index (κ1) is 17.7. The molecule has 1 unspecified atom stereocenters. The van der Waals surface area contributed by atoms with Gasteiger partial charge in [-0.3, -0.25) is 4.79 Å². The van der Waals surface area contributed by atoms with E-state index in [0.717, 1.165) is 16.6 Å². The molecule has 2 aromatic heterocycles. The number of nitrogens with zero attached hydrogens (tertiary/aromatic N) is 3. The molecule has 6 nitrogen and oxygen atoms in total. The van der Waals surface area contributed by atoms with E-state index in [2.05, 4.69) is 10.3 Å². The van der Waals surface area contributed by atoms with Crippen LogP contribution in [-0.2, 0) is 6.54 Å². The van der Waals surface area contributed by atoms with Crippen LogP contribution < -0.4 is 10.0 Å². The lowest BCUT2D eigenvalue weighted by Crippen LogP contribution is -2.41. The lowest BCUT2D eigenvalue weighted by Gasteiger charge is -2.20. The lowest BCUT2D eigenvalue weighted by atomic mass is 10.1. The molecule has 2 heterocycles. The van der Waals surface area contributed by atoms with Gasteiger partial charge in [0.2, 0.25) is 0 Å². The number of fused-ring (bicyclic) bond motifs is 1. The second-order valence-electron chi connectivity index (χ2n) is 6.37. The average Bonchev–Trinajstić information content (AvgIpc) is 3.11. The summed E-state index contributed by atoms with van der Waals surface area (Å²) in [6, 6.07) is 17.7. The molecule has 0 aliphatic carbocycles. The highest BCUT2D eigenvalue weighted by Crippen LogP contribution is 2.20. The Hall–Kier alpha value is -3.74. The standard InChI is InChI=1S/C21H17FN4O2/c22-16-10-8-15(9-11-16)18(24-21(27)20-7-3-4-12-26(20)28)13-25-14-23-17-5-1-2-6-19(17)25/h1-12,14,18H,13H2,(H,24,27). The van der Waals surface area contributed by atoms with Crippen molar-refractivity contribution in [2.75, 3.05) is 0 Å². The van der Waals surface area contributed by atoms with Crippen molar-refractivity contribution in [3.8, 4) is 0 Å². The number of hydrogen-bond donors (Lipinski definition) is 1. The van der Waals surface area contributed by atoms with Crippen LogP contribution in [0.2, 0.25) is 0 Å². The van der Waals surface area contributed by atoms with Crippen LogP contribution in [0, 0.1) is 11.0 Å². The normalized spacial score (nSPS) is 12.0. The van der Waals surface area contributed by atoms with Crippen molar-refractivity contribution >= 4 is 16.9 Å². The van der Waals surface area contributed by atoms with E-state index >= 15 is 0 Å². The van der Waals surface area contributed by atoms with E-state index in [1.807, 2.05) is 28.8 Å². The molecule has 140 valence electrons. The van der Waals surface area contributed by atoms with Crippen LogP contribution in [0.25, 0.3) is 11.0 Å². The van der Waals surface area contributed by atoms with Gasteiger partial charge >= 0.3 is 5.91 Å². The van der Waals surface area contributed by atoms with Gasteiger partial charge in [-0.15, -0.1) is 0 Å². The smallest absolute Gasteiger partial charge is 0.317 e. The third kappa shape index (κ3) is 3.55. The maximum atomic E-state index is 13.4. The largest absolute Gasteiger partial charge is 0.618 e. The Bertz CT molecular complexity index is 1120. The first-order valence-corrected chi connectivity index (χ1v) is 8.76. The number of rotatable bonds is 5. The summed E-state index contributed by atoms with van der Waals surface area (Å²) >= 11 is 0. The molecule has 1 atom stereocenters. The van der Waals surface area contributed by atoms with Gasteiger partial charge in [0.1, 0.15) is 5.82 Å². The minimum absolute atomic E-state index is 0.00917. The molecule has 0 saturated carbocycles. The van der Waals surface area contributed by atoms with E-state index in [9.17, 15) is 14.4 Å². The van der Waals surface area contributed by atoms with Gasteiger partial charge in [0.15, 0.2) is 6.20 Å². The van der Waals surface area contributed by atoms with Gasteiger partial charge < -0.3 is 15.1 Å². The summed E-state index contributed by atoms with van der Waals surface area (Å²) in [4.78, 5) is 17.0. The predicted molar refractivity (Wildman–Crippen MR) is 102 cm³/mol. The molecule has 28 heavy (non-hydrogen) atoms. The minimum Gasteiger partial charge on any atom is -0.618 e. The van der Waals surface area contributed by atoms with Crippen molar-refractivity contribution in [1.82, 2.24) is 14.9 Å². The fourth-order valence-electron chi connectivity index (χ4n) is 3.12. The summed E-state index contributed by atoms with van der Waals surface area (Å²) in [5.41, 5.74) is 2.47. The van der Waals surface area contributed by atoms with Crippen LogP contribution in [0.4, 0.5) is 4.39 Å². The number of hydrogen-bond acceptors (Lipinski definition) is 3. The zero-order valence-electron chi connectivity index (χ0n) is 14.8. The van der Waals surface area contributed by atoms with Gasteiger partial charge in [0.05, 0.1) is 23.4 Å². The van der Waals surface area contributed by atoms with E-state index in [0.29, 0.717) is 11.3 Å². The Labute approximate surface area is 160 Å². The van der Waals surface area contributed by atoms with Gasteiger partial charge in [0, 0.05) is 18.7 Å².